The number of benzene rings is 1. The van der Waals surface area contributed by atoms with Crippen molar-refractivity contribution in [2.24, 2.45) is 0 Å². The van der Waals surface area contributed by atoms with Crippen molar-refractivity contribution >= 4 is 17.4 Å². The number of hydrogen-bond donors (Lipinski definition) is 0. The molecule has 0 spiro atoms. The van der Waals surface area contributed by atoms with E-state index < -0.39 is 0 Å². The summed E-state index contributed by atoms with van der Waals surface area (Å²) >= 11 is 0. The molecule has 2 saturated heterocycles. The van der Waals surface area contributed by atoms with Crippen LogP contribution < -0.4 is 4.90 Å². The Labute approximate surface area is 189 Å². The minimum atomic E-state index is -0.0212. The molecule has 0 unspecified atom stereocenters. The van der Waals surface area contributed by atoms with Gasteiger partial charge in [0.05, 0.1) is 18.3 Å². The molecule has 1 atom stereocenters. The second kappa shape index (κ2) is 8.90. The number of amides is 1. The lowest BCUT2D eigenvalue weighted by atomic mass is 9.98. The summed E-state index contributed by atoms with van der Waals surface area (Å²) in [6.07, 6.45) is 7.57. The third kappa shape index (κ3) is 3.97. The van der Waals surface area contributed by atoms with Crippen molar-refractivity contribution in [3.05, 3.63) is 58.9 Å². The number of aromatic nitrogens is 3. The third-order valence-corrected chi connectivity index (χ3v) is 6.65. The van der Waals surface area contributed by atoms with E-state index in [0.29, 0.717) is 12.2 Å². The summed E-state index contributed by atoms with van der Waals surface area (Å²) in [7, 11) is 1.68. The number of likely N-dealkylation sites (tertiary alicyclic amines) is 1. The maximum absolute atomic E-state index is 13.4. The van der Waals surface area contributed by atoms with Crippen LogP contribution in [-0.4, -0.2) is 52.1 Å². The van der Waals surface area contributed by atoms with Crippen molar-refractivity contribution < 1.29 is 9.53 Å². The number of anilines is 1. The fraction of sp³-hybridized carbons (Fsp3) is 0.480. The summed E-state index contributed by atoms with van der Waals surface area (Å²) < 4.78 is 7.06. The number of ether oxygens (including phenoxy) is 1. The van der Waals surface area contributed by atoms with Crippen LogP contribution in [0, 0.1) is 6.92 Å². The minimum Gasteiger partial charge on any atom is -0.380 e. The van der Waals surface area contributed by atoms with Crippen LogP contribution in [0.2, 0.25) is 0 Å². The van der Waals surface area contributed by atoms with Gasteiger partial charge in [0.2, 0.25) is 0 Å². The molecule has 0 radical (unpaired) electrons. The first-order valence-electron chi connectivity index (χ1n) is 11.6. The number of aryl methyl sites for hydroxylation is 1. The second-order valence-corrected chi connectivity index (χ2v) is 8.95. The first-order chi connectivity index (χ1) is 15.6. The van der Waals surface area contributed by atoms with Crippen LogP contribution in [0.15, 0.2) is 36.5 Å². The minimum absolute atomic E-state index is 0.0212. The molecule has 2 aliphatic rings. The SMILES string of the molecule is COCc1ccc(C(=O)N2CCCC[C@H]2c2cc3nc(N4CCCC4)c(C)cn3n2)cc1. The molecule has 168 valence electrons. The van der Waals surface area contributed by atoms with E-state index in [0.717, 1.165) is 67.2 Å². The standard InChI is InChI=1S/C25H31N5O2/c1-18-16-30-23(26-24(18)28-12-5-6-13-28)15-21(27-30)22-7-3-4-14-29(22)25(31)20-10-8-19(9-11-20)17-32-2/h8-11,15-16,22H,3-7,12-14,17H2,1-2H3/t22-/m0/s1. The predicted octanol–water partition coefficient (Wildman–Crippen LogP) is 4.15. The molecular weight excluding hydrogens is 402 g/mol. The topological polar surface area (TPSA) is 63.0 Å². The van der Waals surface area contributed by atoms with Gasteiger partial charge in [0, 0.05) is 50.1 Å². The fourth-order valence-electron chi connectivity index (χ4n) is 4.99. The highest BCUT2D eigenvalue weighted by molar-refractivity contribution is 5.94. The monoisotopic (exact) mass is 433 g/mol. The summed E-state index contributed by atoms with van der Waals surface area (Å²) in [6.45, 7) is 5.54. The highest BCUT2D eigenvalue weighted by Gasteiger charge is 2.31. The molecule has 5 rings (SSSR count). The molecule has 1 amide bonds. The van der Waals surface area contributed by atoms with Gasteiger partial charge in [0.25, 0.3) is 5.91 Å². The molecule has 7 nitrogen and oxygen atoms in total. The van der Waals surface area contributed by atoms with Crippen LogP contribution in [0.1, 0.15) is 65.3 Å². The van der Waals surface area contributed by atoms with Crippen LogP contribution in [0.5, 0.6) is 0 Å². The molecule has 0 aliphatic carbocycles. The number of hydrogen-bond acceptors (Lipinski definition) is 5. The number of rotatable bonds is 5. The largest absolute Gasteiger partial charge is 0.380 e. The molecule has 0 saturated carbocycles. The van der Waals surface area contributed by atoms with Crippen molar-refractivity contribution in [3.63, 3.8) is 0 Å². The number of carbonyl (C=O) groups excluding carboxylic acids is 1. The first-order valence-corrected chi connectivity index (χ1v) is 11.6. The van der Waals surface area contributed by atoms with Gasteiger partial charge in [-0.25, -0.2) is 9.50 Å². The van der Waals surface area contributed by atoms with E-state index in [1.54, 1.807) is 7.11 Å². The number of nitrogens with zero attached hydrogens (tertiary/aromatic N) is 5. The molecule has 32 heavy (non-hydrogen) atoms. The van der Waals surface area contributed by atoms with Crippen LogP contribution in [0.3, 0.4) is 0 Å². The summed E-state index contributed by atoms with van der Waals surface area (Å²) in [6, 6.07) is 9.78. The zero-order valence-electron chi connectivity index (χ0n) is 19.0. The number of piperidine rings is 1. The molecule has 2 aliphatic heterocycles. The second-order valence-electron chi connectivity index (χ2n) is 8.95. The number of fused-ring (bicyclic) bond motifs is 1. The van der Waals surface area contributed by atoms with E-state index in [1.165, 1.54) is 12.8 Å². The predicted molar refractivity (Wildman–Crippen MR) is 124 cm³/mol. The van der Waals surface area contributed by atoms with Crippen molar-refractivity contribution in [2.75, 3.05) is 31.6 Å². The molecule has 2 fully saturated rings. The van der Waals surface area contributed by atoms with Gasteiger partial charge in [-0.1, -0.05) is 12.1 Å². The normalized spacial score (nSPS) is 19.1. The highest BCUT2D eigenvalue weighted by atomic mass is 16.5. The Morgan fingerprint density at radius 3 is 2.59 bits per heavy atom. The average Bonchev–Trinajstić information content (AvgIpc) is 3.48. The third-order valence-electron chi connectivity index (χ3n) is 6.65. The van der Waals surface area contributed by atoms with E-state index in [2.05, 4.69) is 24.1 Å². The maximum Gasteiger partial charge on any atom is 0.254 e. The van der Waals surface area contributed by atoms with Crippen molar-refractivity contribution in [1.82, 2.24) is 19.5 Å². The molecule has 2 aromatic heterocycles. The molecule has 0 N–H and O–H groups in total. The lowest BCUT2D eigenvalue weighted by molar-refractivity contribution is 0.0605. The van der Waals surface area contributed by atoms with Crippen molar-refractivity contribution in [1.29, 1.82) is 0 Å². The molecule has 7 heteroatoms. The summed E-state index contributed by atoms with van der Waals surface area (Å²) in [4.78, 5) is 22.7. The Morgan fingerprint density at radius 2 is 1.84 bits per heavy atom. The van der Waals surface area contributed by atoms with Gasteiger partial charge in [-0.05, 0) is 56.7 Å². The van der Waals surface area contributed by atoms with E-state index in [1.807, 2.05) is 33.7 Å². The summed E-state index contributed by atoms with van der Waals surface area (Å²) in [5.74, 6) is 1.13. The van der Waals surface area contributed by atoms with Crippen LogP contribution >= 0.6 is 0 Å². The Balaban J connectivity index is 1.43. The molecule has 0 bridgehead atoms. The zero-order valence-corrected chi connectivity index (χ0v) is 19.0. The lowest BCUT2D eigenvalue weighted by Gasteiger charge is -2.34. The van der Waals surface area contributed by atoms with Gasteiger partial charge in [-0.2, -0.15) is 5.10 Å². The molecule has 4 heterocycles. The molecule has 3 aromatic rings. The van der Waals surface area contributed by atoms with Crippen LogP contribution in [0.4, 0.5) is 5.82 Å². The van der Waals surface area contributed by atoms with Gasteiger partial charge in [-0.3, -0.25) is 4.79 Å². The Morgan fingerprint density at radius 1 is 1.09 bits per heavy atom. The maximum atomic E-state index is 13.4. The lowest BCUT2D eigenvalue weighted by Crippen LogP contribution is -2.38. The van der Waals surface area contributed by atoms with Gasteiger partial charge < -0.3 is 14.5 Å². The molecule has 1 aromatic carbocycles. The zero-order chi connectivity index (χ0) is 22.1. The quantitative estimate of drug-likeness (QED) is 0.605. The fourth-order valence-corrected chi connectivity index (χ4v) is 4.99. The van der Waals surface area contributed by atoms with E-state index in [9.17, 15) is 4.79 Å². The Hall–Kier alpha value is -2.93. The Kier molecular flexibility index (Phi) is 5.83. The van der Waals surface area contributed by atoms with E-state index >= 15 is 0 Å². The van der Waals surface area contributed by atoms with Crippen LogP contribution in [0.25, 0.3) is 5.65 Å². The first kappa shape index (κ1) is 20.9. The van der Waals surface area contributed by atoms with Crippen molar-refractivity contribution in [2.45, 2.75) is 51.7 Å². The number of methoxy groups -OCH3 is 1. The van der Waals surface area contributed by atoms with Gasteiger partial charge in [-0.15, -0.1) is 0 Å². The summed E-state index contributed by atoms with van der Waals surface area (Å²) in [5.41, 5.74) is 4.70. The molecular formula is C25H31N5O2. The van der Waals surface area contributed by atoms with Gasteiger partial charge in [0.1, 0.15) is 5.82 Å². The van der Waals surface area contributed by atoms with Gasteiger partial charge in [0.15, 0.2) is 5.65 Å². The summed E-state index contributed by atoms with van der Waals surface area (Å²) in [5, 5.41) is 4.85. The Bertz CT molecular complexity index is 1100. The van der Waals surface area contributed by atoms with Crippen LogP contribution in [-0.2, 0) is 11.3 Å². The smallest absolute Gasteiger partial charge is 0.254 e. The number of carbonyl (C=O) groups is 1. The van der Waals surface area contributed by atoms with Crippen molar-refractivity contribution in [3.8, 4) is 0 Å². The van der Waals surface area contributed by atoms with E-state index in [-0.39, 0.29) is 11.9 Å². The van der Waals surface area contributed by atoms with Gasteiger partial charge >= 0.3 is 0 Å². The highest BCUT2D eigenvalue weighted by Crippen LogP contribution is 2.32. The average molecular weight is 434 g/mol. The van der Waals surface area contributed by atoms with E-state index in [4.69, 9.17) is 14.8 Å².